The van der Waals surface area contributed by atoms with Gasteiger partial charge in [-0.05, 0) is 41.2 Å². The van der Waals surface area contributed by atoms with Gasteiger partial charge < -0.3 is 23.7 Å². The van der Waals surface area contributed by atoms with E-state index in [1.807, 2.05) is 13.8 Å². The number of rotatable bonds is 4. The van der Waals surface area contributed by atoms with Crippen molar-refractivity contribution in [1.29, 1.82) is 0 Å². The van der Waals surface area contributed by atoms with Crippen LogP contribution in [0.1, 0.15) is 65.5 Å². The summed E-state index contributed by atoms with van der Waals surface area (Å²) >= 11 is 0. The SMILES string of the molecule is C=C1C2C(C[C@@]3(C)[C@H](c4ccoc4)OC(=O)C[C@]13O)[C@H]1CC(=O)C(C)(C)[C@H](C(OC(C)=O)C(=O)OC)[C@@]21C. The molecule has 2 heterocycles. The van der Waals surface area contributed by atoms with Crippen LogP contribution in [0.25, 0.3) is 0 Å². The Morgan fingerprint density at radius 2 is 1.89 bits per heavy atom. The molecule has 0 bridgehead atoms. The molecule has 1 aliphatic heterocycles. The van der Waals surface area contributed by atoms with Crippen LogP contribution in [-0.2, 0) is 33.4 Å². The van der Waals surface area contributed by atoms with Gasteiger partial charge in [0, 0.05) is 35.7 Å². The number of hydrogen-bond donors (Lipinski definition) is 1. The van der Waals surface area contributed by atoms with Crippen LogP contribution >= 0.6 is 0 Å². The zero-order valence-electron chi connectivity index (χ0n) is 22.7. The minimum absolute atomic E-state index is 0.0254. The lowest BCUT2D eigenvalue weighted by Crippen LogP contribution is -2.75. The van der Waals surface area contributed by atoms with Crippen molar-refractivity contribution in [2.75, 3.05) is 7.11 Å². The average molecular weight is 529 g/mol. The van der Waals surface area contributed by atoms with Gasteiger partial charge in [-0.3, -0.25) is 14.4 Å². The minimum atomic E-state index is -1.60. The Morgan fingerprint density at radius 1 is 1.21 bits per heavy atom. The Hall–Kier alpha value is -2.94. The second-order valence-electron chi connectivity index (χ2n) is 12.6. The molecule has 1 aromatic rings. The number of carbonyl (C=O) groups is 4. The molecule has 0 spiro atoms. The third-order valence-electron chi connectivity index (χ3n) is 10.6. The molecule has 9 atom stereocenters. The van der Waals surface area contributed by atoms with E-state index in [1.54, 1.807) is 19.9 Å². The van der Waals surface area contributed by atoms with Gasteiger partial charge in [-0.25, -0.2) is 4.79 Å². The predicted molar refractivity (Wildman–Crippen MR) is 132 cm³/mol. The summed E-state index contributed by atoms with van der Waals surface area (Å²) in [7, 11) is 1.22. The van der Waals surface area contributed by atoms with Crippen LogP contribution in [0.15, 0.2) is 35.2 Å². The maximum absolute atomic E-state index is 13.6. The molecule has 0 radical (unpaired) electrons. The fourth-order valence-corrected chi connectivity index (χ4v) is 8.92. The van der Waals surface area contributed by atoms with Crippen LogP contribution in [0.4, 0.5) is 0 Å². The first-order valence-corrected chi connectivity index (χ1v) is 13.1. The van der Waals surface area contributed by atoms with Crippen LogP contribution in [0, 0.1) is 39.9 Å². The van der Waals surface area contributed by atoms with Crippen LogP contribution < -0.4 is 0 Å². The second-order valence-corrected chi connectivity index (χ2v) is 12.6. The van der Waals surface area contributed by atoms with Gasteiger partial charge in [-0.15, -0.1) is 0 Å². The number of methoxy groups -OCH3 is 1. The van der Waals surface area contributed by atoms with E-state index in [1.165, 1.54) is 26.6 Å². The number of fused-ring (bicyclic) bond motifs is 5. The standard InChI is InChI=1S/C29H36O9/c1-14-21-17(11-27(5)24(16-8-9-36-13-16)38-20(32)12-29(14,27)34)18-10-19(31)26(3,4)23(28(18,21)6)22(25(33)35-7)37-15(2)30/h8-9,13,17-18,21-24,34H,1,10-12H2,2-7H3/t17?,18-,21?,22?,23+,24+,27+,28-,29+/m1/s1. The Kier molecular flexibility index (Phi) is 5.81. The first-order valence-electron chi connectivity index (χ1n) is 13.1. The highest BCUT2D eigenvalue weighted by Gasteiger charge is 2.78. The first-order chi connectivity index (χ1) is 17.6. The maximum Gasteiger partial charge on any atom is 0.347 e. The van der Waals surface area contributed by atoms with Gasteiger partial charge in [0.15, 0.2) is 0 Å². The lowest BCUT2D eigenvalue weighted by Gasteiger charge is -2.75. The molecule has 0 amide bonds. The van der Waals surface area contributed by atoms with Gasteiger partial charge in [0.2, 0.25) is 6.10 Å². The van der Waals surface area contributed by atoms with Crippen molar-refractivity contribution in [3.63, 3.8) is 0 Å². The van der Waals surface area contributed by atoms with Crippen LogP contribution in [-0.4, -0.2) is 47.6 Å². The number of esters is 3. The number of furan rings is 1. The summed E-state index contributed by atoms with van der Waals surface area (Å²) in [6.45, 7) is 13.0. The molecule has 3 unspecified atom stereocenters. The van der Waals surface area contributed by atoms with Gasteiger partial charge in [-0.2, -0.15) is 0 Å². The van der Waals surface area contributed by atoms with Crippen molar-refractivity contribution >= 4 is 23.7 Å². The van der Waals surface area contributed by atoms with Crippen molar-refractivity contribution in [2.45, 2.75) is 71.7 Å². The largest absolute Gasteiger partial charge is 0.472 e. The molecule has 1 saturated heterocycles. The summed E-state index contributed by atoms with van der Waals surface area (Å²) in [6, 6.07) is 1.72. The fourth-order valence-electron chi connectivity index (χ4n) is 8.92. The Labute approximate surface area is 221 Å². The Bertz CT molecular complexity index is 1210. The molecule has 1 N–H and O–H groups in total. The number of carbonyl (C=O) groups excluding carboxylic acids is 4. The highest BCUT2D eigenvalue weighted by molar-refractivity contribution is 5.89. The second kappa shape index (κ2) is 8.28. The summed E-state index contributed by atoms with van der Waals surface area (Å²) < 4.78 is 21.7. The number of ketones is 1. The molecule has 38 heavy (non-hydrogen) atoms. The van der Waals surface area contributed by atoms with Crippen molar-refractivity contribution in [1.82, 2.24) is 0 Å². The molecule has 9 nitrogen and oxygen atoms in total. The third-order valence-corrected chi connectivity index (χ3v) is 10.6. The van der Waals surface area contributed by atoms with E-state index in [0.717, 1.165) is 0 Å². The maximum atomic E-state index is 13.6. The van der Waals surface area contributed by atoms with E-state index in [2.05, 4.69) is 6.58 Å². The molecule has 3 aliphatic carbocycles. The van der Waals surface area contributed by atoms with Crippen molar-refractivity contribution in [3.05, 3.63) is 36.3 Å². The third kappa shape index (κ3) is 3.20. The van der Waals surface area contributed by atoms with E-state index in [4.69, 9.17) is 18.6 Å². The summed E-state index contributed by atoms with van der Waals surface area (Å²) in [4.78, 5) is 51.5. The highest BCUT2D eigenvalue weighted by Crippen LogP contribution is 2.77. The van der Waals surface area contributed by atoms with Crippen LogP contribution in [0.2, 0.25) is 0 Å². The lowest BCUT2D eigenvalue weighted by atomic mass is 9.29. The summed E-state index contributed by atoms with van der Waals surface area (Å²) in [5, 5.41) is 12.3. The van der Waals surface area contributed by atoms with E-state index in [0.29, 0.717) is 17.6 Å². The minimum Gasteiger partial charge on any atom is -0.472 e. The van der Waals surface area contributed by atoms with Crippen molar-refractivity contribution in [2.24, 2.45) is 39.9 Å². The van der Waals surface area contributed by atoms with E-state index in [-0.39, 0.29) is 36.4 Å². The molecule has 4 aliphatic rings. The number of hydrogen-bond acceptors (Lipinski definition) is 9. The fraction of sp³-hybridized carbons (Fsp3) is 0.655. The Morgan fingerprint density at radius 3 is 2.47 bits per heavy atom. The molecule has 0 aromatic carbocycles. The molecule has 9 heteroatoms. The summed E-state index contributed by atoms with van der Waals surface area (Å²) in [5.74, 6) is -3.25. The number of ether oxygens (including phenoxy) is 3. The van der Waals surface area contributed by atoms with Gasteiger partial charge in [0.1, 0.15) is 17.5 Å². The predicted octanol–water partition coefficient (Wildman–Crippen LogP) is 3.55. The van der Waals surface area contributed by atoms with Gasteiger partial charge >= 0.3 is 17.9 Å². The van der Waals surface area contributed by atoms with Crippen LogP contribution in [0.3, 0.4) is 0 Å². The van der Waals surface area contributed by atoms with E-state index >= 15 is 0 Å². The molecule has 5 rings (SSSR count). The average Bonchev–Trinajstić information content (AvgIpc) is 3.36. The molecule has 4 fully saturated rings. The van der Waals surface area contributed by atoms with Crippen molar-refractivity contribution < 1.29 is 42.9 Å². The van der Waals surface area contributed by atoms with Crippen molar-refractivity contribution in [3.8, 4) is 0 Å². The number of Topliss-reactive ketones (excluding diaryl/α,β-unsaturated/α-hetero) is 1. The van der Waals surface area contributed by atoms with Crippen LogP contribution in [0.5, 0.6) is 0 Å². The number of aliphatic hydroxyl groups is 1. The zero-order chi connectivity index (χ0) is 28.0. The van der Waals surface area contributed by atoms with Gasteiger partial charge in [0.05, 0.1) is 26.1 Å². The Balaban J connectivity index is 1.63. The summed E-state index contributed by atoms with van der Waals surface area (Å²) in [6.07, 6.45) is 1.44. The first kappa shape index (κ1) is 26.7. The van der Waals surface area contributed by atoms with Gasteiger partial charge in [0.25, 0.3) is 0 Å². The molecule has 206 valence electrons. The quantitative estimate of drug-likeness (QED) is 0.354. The summed E-state index contributed by atoms with van der Waals surface area (Å²) in [5.41, 5.74) is -3.16. The normalized spacial score (nSPS) is 42.0. The zero-order valence-corrected chi connectivity index (χ0v) is 22.7. The lowest BCUT2D eigenvalue weighted by molar-refractivity contribution is -0.278. The molecular weight excluding hydrogens is 492 g/mol. The monoisotopic (exact) mass is 528 g/mol. The van der Waals surface area contributed by atoms with E-state index in [9.17, 15) is 24.3 Å². The number of cyclic esters (lactones) is 1. The van der Waals surface area contributed by atoms with E-state index < -0.39 is 57.9 Å². The highest BCUT2D eigenvalue weighted by atomic mass is 16.6. The van der Waals surface area contributed by atoms with Gasteiger partial charge in [-0.1, -0.05) is 34.3 Å². The smallest absolute Gasteiger partial charge is 0.347 e. The molecular formula is C29H36O9. The topological polar surface area (TPSA) is 129 Å². The molecule has 1 aromatic heterocycles. The molecule has 3 saturated carbocycles.